The minimum atomic E-state index is -0.514. The molecular formula is C53H34N2O. The maximum atomic E-state index is 6.18. The summed E-state index contributed by atoms with van der Waals surface area (Å²) in [5.74, 6) is 0.684. The molecule has 0 radical (unpaired) electrons. The third-order valence-corrected chi connectivity index (χ3v) is 11.4. The number of rotatable bonds is 6. The summed E-state index contributed by atoms with van der Waals surface area (Å²) in [6.07, 6.45) is 0. The van der Waals surface area contributed by atoms with Crippen LogP contribution in [0.2, 0.25) is 0 Å². The van der Waals surface area contributed by atoms with Crippen molar-refractivity contribution in [3.63, 3.8) is 0 Å². The molecule has 0 unspecified atom stereocenters. The summed E-state index contributed by atoms with van der Waals surface area (Å²) in [5, 5.41) is 2.16. The second-order valence-electron chi connectivity index (χ2n) is 14.5. The average molecular weight is 715 g/mol. The zero-order chi connectivity index (χ0) is 37.1. The van der Waals surface area contributed by atoms with Crippen LogP contribution in [0.4, 0.5) is 0 Å². The van der Waals surface area contributed by atoms with Gasteiger partial charge in [0.1, 0.15) is 11.2 Å². The fraction of sp³-hybridized carbons (Fsp3) is 0.0189. The molecule has 1 aliphatic carbocycles. The Balaban J connectivity index is 1.12. The molecule has 3 nitrogen and oxygen atoms in total. The Labute approximate surface area is 325 Å². The van der Waals surface area contributed by atoms with E-state index in [0.29, 0.717) is 5.82 Å². The van der Waals surface area contributed by atoms with Gasteiger partial charge in [-0.05, 0) is 80.9 Å². The summed E-state index contributed by atoms with van der Waals surface area (Å²) in [4.78, 5) is 10.4. The van der Waals surface area contributed by atoms with Gasteiger partial charge in [-0.2, -0.15) is 0 Å². The maximum absolute atomic E-state index is 6.18. The summed E-state index contributed by atoms with van der Waals surface area (Å²) in [6.45, 7) is 0. The highest BCUT2D eigenvalue weighted by molar-refractivity contribution is 6.06. The van der Waals surface area contributed by atoms with Gasteiger partial charge in [-0.25, -0.2) is 9.97 Å². The first-order chi connectivity index (χ1) is 27.8. The van der Waals surface area contributed by atoms with Crippen molar-refractivity contribution in [3.05, 3.63) is 229 Å². The Morgan fingerprint density at radius 2 is 0.911 bits per heavy atom. The van der Waals surface area contributed by atoms with Gasteiger partial charge >= 0.3 is 0 Å². The van der Waals surface area contributed by atoms with Gasteiger partial charge in [-0.3, -0.25) is 0 Å². The lowest BCUT2D eigenvalue weighted by molar-refractivity contribution is 0.669. The van der Waals surface area contributed by atoms with Crippen molar-refractivity contribution in [1.29, 1.82) is 0 Å². The van der Waals surface area contributed by atoms with E-state index in [0.717, 1.165) is 55.6 Å². The van der Waals surface area contributed by atoms with Gasteiger partial charge in [0.25, 0.3) is 0 Å². The highest BCUT2D eigenvalue weighted by Gasteiger charge is 2.47. The second-order valence-corrected chi connectivity index (χ2v) is 14.5. The molecule has 3 heteroatoms. The molecule has 8 aromatic carbocycles. The highest BCUT2D eigenvalue weighted by Crippen LogP contribution is 2.58. The number of nitrogens with zero attached hydrogens (tertiary/aromatic N) is 2. The monoisotopic (exact) mass is 714 g/mol. The molecule has 1 aliphatic rings. The maximum Gasteiger partial charge on any atom is 0.160 e. The topological polar surface area (TPSA) is 38.9 Å². The van der Waals surface area contributed by atoms with Gasteiger partial charge in [0.15, 0.2) is 5.82 Å². The van der Waals surface area contributed by atoms with Crippen LogP contribution < -0.4 is 0 Å². The standard InChI is InChI=1S/C53H34N2O/c1-4-16-35(17-5-1)52-54-47(34-48(55-52)38-30-31-50-45(33-38)43-25-11-13-29-49(43)56-50)37-19-14-18-36(32-37)41-26-15-27-44-42-24-10-12-28-46(42)53(51(41)44,39-20-6-2-7-21-39)40-22-8-3-9-23-40/h1-34H. The normalized spacial score (nSPS) is 12.8. The van der Waals surface area contributed by atoms with Crippen molar-refractivity contribution in [2.45, 2.75) is 5.41 Å². The van der Waals surface area contributed by atoms with Gasteiger partial charge in [-0.15, -0.1) is 0 Å². The third kappa shape index (κ3) is 4.98. The van der Waals surface area contributed by atoms with Crippen LogP contribution in [-0.2, 0) is 5.41 Å². The van der Waals surface area contributed by atoms with E-state index in [2.05, 4.69) is 176 Å². The van der Waals surface area contributed by atoms with Crippen molar-refractivity contribution in [3.8, 4) is 56.2 Å². The number of furan rings is 1. The number of benzene rings is 8. The molecule has 0 saturated heterocycles. The van der Waals surface area contributed by atoms with E-state index < -0.39 is 5.41 Å². The van der Waals surface area contributed by atoms with Crippen molar-refractivity contribution in [2.75, 3.05) is 0 Å². The van der Waals surface area contributed by atoms with Crippen LogP contribution >= 0.6 is 0 Å². The first kappa shape index (κ1) is 32.1. The summed E-state index contributed by atoms with van der Waals surface area (Å²) in [7, 11) is 0. The van der Waals surface area contributed by atoms with Gasteiger partial charge in [0, 0.05) is 27.5 Å². The average Bonchev–Trinajstić information content (AvgIpc) is 3.81. The lowest BCUT2D eigenvalue weighted by Gasteiger charge is -2.35. The molecule has 0 fully saturated rings. The molecule has 10 aromatic rings. The Kier molecular flexibility index (Phi) is 7.39. The lowest BCUT2D eigenvalue weighted by atomic mass is 9.66. The number of aromatic nitrogens is 2. The molecule has 2 aromatic heterocycles. The second kappa shape index (κ2) is 12.9. The number of para-hydroxylation sites is 1. The van der Waals surface area contributed by atoms with Crippen LogP contribution in [0, 0.1) is 0 Å². The SMILES string of the molecule is c1ccc(-c2nc(-c3cccc(-c4cccc5c4C(c4ccccc4)(c4ccccc4)c4ccccc4-5)c3)cc(-c3ccc4oc5ccccc5c4c3)n2)cc1. The Morgan fingerprint density at radius 1 is 0.357 bits per heavy atom. The van der Waals surface area contributed by atoms with Crippen molar-refractivity contribution >= 4 is 21.9 Å². The van der Waals surface area contributed by atoms with E-state index in [9.17, 15) is 0 Å². The first-order valence-electron chi connectivity index (χ1n) is 19.1. The highest BCUT2D eigenvalue weighted by atomic mass is 16.3. The molecule has 0 atom stereocenters. The van der Waals surface area contributed by atoms with Crippen molar-refractivity contribution in [2.24, 2.45) is 0 Å². The molecule has 0 amide bonds. The molecule has 11 rings (SSSR count). The molecule has 56 heavy (non-hydrogen) atoms. The smallest absolute Gasteiger partial charge is 0.160 e. The Hall–Kier alpha value is -7.36. The van der Waals surface area contributed by atoms with E-state index in [-0.39, 0.29) is 0 Å². The largest absolute Gasteiger partial charge is 0.456 e. The van der Waals surface area contributed by atoms with Crippen LogP contribution in [0.15, 0.2) is 211 Å². The lowest BCUT2D eigenvalue weighted by Crippen LogP contribution is -2.29. The van der Waals surface area contributed by atoms with E-state index in [1.807, 2.05) is 30.3 Å². The van der Waals surface area contributed by atoms with Crippen LogP contribution in [0.1, 0.15) is 22.3 Å². The van der Waals surface area contributed by atoms with Crippen LogP contribution in [0.25, 0.3) is 78.1 Å². The predicted molar refractivity (Wildman–Crippen MR) is 228 cm³/mol. The first-order valence-corrected chi connectivity index (χ1v) is 19.1. The molecule has 0 saturated carbocycles. The molecule has 0 N–H and O–H groups in total. The summed E-state index contributed by atoms with van der Waals surface area (Å²) < 4.78 is 6.18. The van der Waals surface area contributed by atoms with Crippen LogP contribution in [-0.4, -0.2) is 9.97 Å². The van der Waals surface area contributed by atoms with Gasteiger partial charge in [0.2, 0.25) is 0 Å². The number of hydrogen-bond donors (Lipinski definition) is 0. The van der Waals surface area contributed by atoms with Crippen LogP contribution in [0.3, 0.4) is 0 Å². The van der Waals surface area contributed by atoms with Crippen molar-refractivity contribution < 1.29 is 4.42 Å². The Morgan fingerprint density at radius 3 is 1.68 bits per heavy atom. The molecule has 0 spiro atoms. The molecule has 0 aliphatic heterocycles. The number of hydrogen-bond acceptors (Lipinski definition) is 3. The fourth-order valence-electron chi connectivity index (χ4n) is 8.93. The van der Waals surface area contributed by atoms with Crippen molar-refractivity contribution in [1.82, 2.24) is 9.97 Å². The van der Waals surface area contributed by atoms with Gasteiger partial charge < -0.3 is 4.42 Å². The molecule has 262 valence electrons. The quantitative estimate of drug-likeness (QED) is 0.172. The molecule has 2 heterocycles. The third-order valence-electron chi connectivity index (χ3n) is 11.4. The van der Waals surface area contributed by atoms with Gasteiger partial charge in [-0.1, -0.05) is 170 Å². The van der Waals surface area contributed by atoms with E-state index >= 15 is 0 Å². The fourth-order valence-corrected chi connectivity index (χ4v) is 8.93. The minimum absolute atomic E-state index is 0.514. The van der Waals surface area contributed by atoms with Crippen LogP contribution in [0.5, 0.6) is 0 Å². The number of fused-ring (bicyclic) bond motifs is 6. The summed E-state index contributed by atoms with van der Waals surface area (Å²) in [5.41, 5.74) is 15.9. The molecule has 0 bridgehead atoms. The Bertz CT molecular complexity index is 3040. The zero-order valence-electron chi connectivity index (χ0n) is 30.4. The predicted octanol–water partition coefficient (Wildman–Crippen LogP) is 13.4. The minimum Gasteiger partial charge on any atom is -0.456 e. The zero-order valence-corrected chi connectivity index (χ0v) is 30.4. The summed E-state index contributed by atoms with van der Waals surface area (Å²) in [6, 6.07) is 73.4. The van der Waals surface area contributed by atoms with Gasteiger partial charge in [0.05, 0.1) is 16.8 Å². The van der Waals surface area contributed by atoms with E-state index in [4.69, 9.17) is 14.4 Å². The summed E-state index contributed by atoms with van der Waals surface area (Å²) >= 11 is 0. The van der Waals surface area contributed by atoms with E-state index in [1.54, 1.807) is 0 Å². The molecular weight excluding hydrogens is 681 g/mol. The van der Waals surface area contributed by atoms with E-state index in [1.165, 1.54) is 38.9 Å².